The molecule has 1 unspecified atom stereocenters. The number of likely N-dealkylation sites (N-methyl/N-ethyl adjacent to an activating group) is 2. The molecule has 122 valence electrons. The van der Waals surface area contributed by atoms with Crippen LogP contribution in [0.4, 0.5) is 0 Å². The van der Waals surface area contributed by atoms with Gasteiger partial charge in [-0.3, -0.25) is 4.90 Å². The minimum absolute atomic E-state index is 0.339. The third kappa shape index (κ3) is 5.37. The summed E-state index contributed by atoms with van der Waals surface area (Å²) in [6.45, 7) is 17.3. The van der Waals surface area contributed by atoms with E-state index >= 15 is 0 Å². The van der Waals surface area contributed by atoms with E-state index in [4.69, 9.17) is 0 Å². The number of nitrogens with one attached hydrogen (secondary N) is 1. The van der Waals surface area contributed by atoms with Gasteiger partial charge in [0.15, 0.2) is 0 Å². The smallest absolute Gasteiger partial charge is 0.0357 e. The summed E-state index contributed by atoms with van der Waals surface area (Å²) in [4.78, 5) is 2.69. The highest BCUT2D eigenvalue weighted by Gasteiger charge is 2.38. The molecule has 0 aliphatic heterocycles. The van der Waals surface area contributed by atoms with E-state index in [9.17, 15) is 0 Å². The highest BCUT2D eigenvalue weighted by molar-refractivity contribution is 4.98. The predicted octanol–water partition coefficient (Wildman–Crippen LogP) is 4.84. The van der Waals surface area contributed by atoms with Gasteiger partial charge in [-0.05, 0) is 38.9 Å². The van der Waals surface area contributed by atoms with Crippen LogP contribution in [-0.4, -0.2) is 36.1 Å². The lowest BCUT2D eigenvalue weighted by Gasteiger charge is -2.48. The molecule has 0 saturated carbocycles. The maximum absolute atomic E-state index is 3.81. The van der Waals surface area contributed by atoms with Crippen LogP contribution in [-0.2, 0) is 0 Å². The molecule has 2 heteroatoms. The van der Waals surface area contributed by atoms with Crippen LogP contribution in [0.1, 0.15) is 86.5 Å². The number of rotatable bonds is 13. The van der Waals surface area contributed by atoms with E-state index in [0.717, 1.165) is 19.6 Å². The fourth-order valence-electron chi connectivity index (χ4n) is 3.85. The highest BCUT2D eigenvalue weighted by atomic mass is 15.2. The van der Waals surface area contributed by atoms with Crippen molar-refractivity contribution in [3.05, 3.63) is 0 Å². The number of unbranched alkanes of at least 4 members (excludes halogenated alkanes) is 3. The summed E-state index contributed by atoms with van der Waals surface area (Å²) < 4.78 is 0. The van der Waals surface area contributed by atoms with E-state index in [-0.39, 0.29) is 0 Å². The quantitative estimate of drug-likeness (QED) is 0.487. The zero-order valence-electron chi connectivity index (χ0n) is 15.1. The fourth-order valence-corrected chi connectivity index (χ4v) is 3.85. The molecule has 0 aliphatic rings. The SMILES string of the molecule is CCCCCCC(NCC)C(CC)(CC)N(CC)CC. The van der Waals surface area contributed by atoms with Gasteiger partial charge in [0.05, 0.1) is 0 Å². The van der Waals surface area contributed by atoms with Gasteiger partial charge in [-0.15, -0.1) is 0 Å². The zero-order valence-corrected chi connectivity index (χ0v) is 15.1. The fraction of sp³-hybridized carbons (Fsp3) is 1.00. The average Bonchev–Trinajstić information content (AvgIpc) is 2.48. The normalized spacial score (nSPS) is 13.9. The Morgan fingerprint density at radius 2 is 1.45 bits per heavy atom. The van der Waals surface area contributed by atoms with Crippen molar-refractivity contribution in [2.24, 2.45) is 0 Å². The molecule has 1 atom stereocenters. The van der Waals surface area contributed by atoms with Gasteiger partial charge in [-0.25, -0.2) is 0 Å². The van der Waals surface area contributed by atoms with Crippen molar-refractivity contribution in [1.82, 2.24) is 10.2 Å². The van der Waals surface area contributed by atoms with Gasteiger partial charge in [0.25, 0.3) is 0 Å². The maximum Gasteiger partial charge on any atom is 0.0357 e. The van der Waals surface area contributed by atoms with Crippen molar-refractivity contribution >= 4 is 0 Å². The zero-order chi connectivity index (χ0) is 15.4. The monoisotopic (exact) mass is 284 g/mol. The Labute approximate surface area is 128 Å². The topological polar surface area (TPSA) is 15.3 Å². The van der Waals surface area contributed by atoms with Crippen molar-refractivity contribution in [2.75, 3.05) is 19.6 Å². The van der Waals surface area contributed by atoms with Crippen LogP contribution in [0.15, 0.2) is 0 Å². The van der Waals surface area contributed by atoms with Gasteiger partial charge < -0.3 is 5.32 Å². The van der Waals surface area contributed by atoms with Crippen LogP contribution in [0.25, 0.3) is 0 Å². The second-order valence-corrected chi connectivity index (χ2v) is 5.94. The van der Waals surface area contributed by atoms with E-state index in [2.05, 4.69) is 51.8 Å². The van der Waals surface area contributed by atoms with Crippen LogP contribution >= 0.6 is 0 Å². The first-order chi connectivity index (χ1) is 9.66. The first-order valence-electron chi connectivity index (χ1n) is 9.14. The van der Waals surface area contributed by atoms with Gasteiger partial charge in [-0.2, -0.15) is 0 Å². The Morgan fingerprint density at radius 3 is 1.85 bits per heavy atom. The Kier molecular flexibility index (Phi) is 11.5. The van der Waals surface area contributed by atoms with Gasteiger partial charge in [-0.1, -0.05) is 67.2 Å². The number of hydrogen-bond acceptors (Lipinski definition) is 2. The molecule has 0 aromatic rings. The van der Waals surface area contributed by atoms with E-state index in [1.165, 1.54) is 44.9 Å². The first kappa shape index (κ1) is 19.9. The minimum atomic E-state index is 0.339. The van der Waals surface area contributed by atoms with Crippen LogP contribution < -0.4 is 5.32 Å². The van der Waals surface area contributed by atoms with Crippen molar-refractivity contribution in [2.45, 2.75) is 98.1 Å². The second kappa shape index (κ2) is 11.6. The molecule has 0 amide bonds. The molecule has 0 rings (SSSR count). The summed E-state index contributed by atoms with van der Waals surface area (Å²) in [5, 5.41) is 3.81. The van der Waals surface area contributed by atoms with E-state index < -0.39 is 0 Å². The molecule has 0 heterocycles. The molecule has 0 radical (unpaired) electrons. The van der Waals surface area contributed by atoms with Crippen LogP contribution in [0.2, 0.25) is 0 Å². The molecule has 0 aliphatic carbocycles. The van der Waals surface area contributed by atoms with Crippen molar-refractivity contribution in [3.8, 4) is 0 Å². The number of nitrogens with zero attached hydrogens (tertiary/aromatic N) is 1. The van der Waals surface area contributed by atoms with Gasteiger partial charge in [0.1, 0.15) is 0 Å². The van der Waals surface area contributed by atoms with Gasteiger partial charge >= 0.3 is 0 Å². The molecule has 1 N–H and O–H groups in total. The molecular weight excluding hydrogens is 244 g/mol. The summed E-state index contributed by atoms with van der Waals surface area (Å²) in [7, 11) is 0. The minimum Gasteiger partial charge on any atom is -0.312 e. The summed E-state index contributed by atoms with van der Waals surface area (Å²) in [5.41, 5.74) is 0.339. The largest absolute Gasteiger partial charge is 0.312 e. The van der Waals surface area contributed by atoms with Crippen LogP contribution in [0, 0.1) is 0 Å². The molecule has 0 spiro atoms. The summed E-state index contributed by atoms with van der Waals surface area (Å²) in [6.07, 6.45) is 9.29. The van der Waals surface area contributed by atoms with E-state index in [1.54, 1.807) is 0 Å². The van der Waals surface area contributed by atoms with Crippen LogP contribution in [0.3, 0.4) is 0 Å². The Bertz CT molecular complexity index is 207. The van der Waals surface area contributed by atoms with Crippen molar-refractivity contribution in [3.63, 3.8) is 0 Å². The third-order valence-corrected chi connectivity index (χ3v) is 5.06. The molecular formula is C18H40N2. The Hall–Kier alpha value is -0.0800. The number of hydrogen-bond donors (Lipinski definition) is 1. The summed E-state index contributed by atoms with van der Waals surface area (Å²) in [6, 6.07) is 0.638. The standard InChI is InChI=1S/C18H40N2/c1-7-13-14-15-16-17(19-10-4)18(8-2,9-3)20(11-5)12-6/h17,19H,7-16H2,1-6H3. The van der Waals surface area contributed by atoms with Crippen LogP contribution in [0.5, 0.6) is 0 Å². The molecule has 0 saturated heterocycles. The highest BCUT2D eigenvalue weighted by Crippen LogP contribution is 2.30. The molecule has 20 heavy (non-hydrogen) atoms. The van der Waals surface area contributed by atoms with Gasteiger partial charge in [0.2, 0.25) is 0 Å². The molecule has 0 aromatic carbocycles. The van der Waals surface area contributed by atoms with Crippen molar-refractivity contribution < 1.29 is 0 Å². The summed E-state index contributed by atoms with van der Waals surface area (Å²) in [5.74, 6) is 0. The molecule has 0 bridgehead atoms. The Morgan fingerprint density at radius 1 is 0.850 bits per heavy atom. The third-order valence-electron chi connectivity index (χ3n) is 5.06. The average molecular weight is 285 g/mol. The lowest BCUT2D eigenvalue weighted by atomic mass is 9.79. The van der Waals surface area contributed by atoms with Gasteiger partial charge in [0, 0.05) is 11.6 Å². The van der Waals surface area contributed by atoms with Crippen molar-refractivity contribution in [1.29, 1.82) is 0 Å². The van der Waals surface area contributed by atoms with E-state index in [0.29, 0.717) is 11.6 Å². The molecule has 0 aromatic heterocycles. The van der Waals surface area contributed by atoms with E-state index in [1.807, 2.05) is 0 Å². The lowest BCUT2D eigenvalue weighted by Crippen LogP contribution is -2.60. The second-order valence-electron chi connectivity index (χ2n) is 5.94. The molecule has 0 fully saturated rings. The Balaban J connectivity index is 4.91. The first-order valence-corrected chi connectivity index (χ1v) is 9.14. The summed E-state index contributed by atoms with van der Waals surface area (Å²) >= 11 is 0. The predicted molar refractivity (Wildman–Crippen MR) is 92.5 cm³/mol. The maximum atomic E-state index is 3.81. The lowest BCUT2D eigenvalue weighted by molar-refractivity contribution is 0.0457. The molecule has 2 nitrogen and oxygen atoms in total.